The summed E-state index contributed by atoms with van der Waals surface area (Å²) >= 11 is 0. The minimum atomic E-state index is -0.505. The Balaban J connectivity index is 2.33. The van der Waals surface area contributed by atoms with E-state index in [9.17, 15) is 9.18 Å². The van der Waals surface area contributed by atoms with Crippen molar-refractivity contribution < 1.29 is 13.9 Å². The molecule has 0 fully saturated rings. The first-order valence-corrected chi connectivity index (χ1v) is 6.07. The zero-order valence-electron chi connectivity index (χ0n) is 11.7. The van der Waals surface area contributed by atoms with Crippen molar-refractivity contribution in [3.05, 3.63) is 24.1 Å². The van der Waals surface area contributed by atoms with E-state index in [1.165, 1.54) is 6.07 Å². The van der Waals surface area contributed by atoms with Crippen LogP contribution in [0.3, 0.4) is 0 Å². The van der Waals surface area contributed by atoms with Gasteiger partial charge in [-0.15, -0.1) is 0 Å². The minimum absolute atomic E-state index is 0.371. The number of nitrogens with one attached hydrogen (secondary N) is 1. The van der Waals surface area contributed by atoms with Crippen LogP contribution >= 0.6 is 0 Å². The summed E-state index contributed by atoms with van der Waals surface area (Å²) in [5.41, 5.74) is -0.505. The molecule has 1 N–H and O–H groups in total. The van der Waals surface area contributed by atoms with Crippen LogP contribution < -0.4 is 10.2 Å². The molecule has 6 heteroatoms. The standard InChI is InChI=1S/C13H20FN3O2/c1-13(2,3)19-12(18)15-7-8-17(4)11-6-5-10(14)9-16-11/h5-6,9H,7-8H2,1-4H3,(H,15,18). The highest BCUT2D eigenvalue weighted by Crippen LogP contribution is 2.08. The van der Waals surface area contributed by atoms with Crippen LogP contribution in [-0.4, -0.2) is 36.8 Å². The molecule has 1 aromatic heterocycles. The van der Waals surface area contributed by atoms with Gasteiger partial charge in [-0.1, -0.05) is 0 Å². The number of aromatic nitrogens is 1. The summed E-state index contributed by atoms with van der Waals surface area (Å²) in [6.07, 6.45) is 0.709. The van der Waals surface area contributed by atoms with E-state index >= 15 is 0 Å². The van der Waals surface area contributed by atoms with Gasteiger partial charge in [0.25, 0.3) is 0 Å². The molecule has 19 heavy (non-hydrogen) atoms. The Hall–Kier alpha value is -1.85. The van der Waals surface area contributed by atoms with Crippen LogP contribution in [0.5, 0.6) is 0 Å². The Morgan fingerprint density at radius 3 is 2.68 bits per heavy atom. The summed E-state index contributed by atoms with van der Waals surface area (Å²) in [4.78, 5) is 17.2. The number of carbonyl (C=O) groups excluding carboxylic acids is 1. The third-order valence-corrected chi connectivity index (χ3v) is 2.22. The molecule has 5 nitrogen and oxygen atoms in total. The molecule has 1 rings (SSSR count). The van der Waals surface area contributed by atoms with Gasteiger partial charge >= 0.3 is 6.09 Å². The molecule has 0 saturated carbocycles. The van der Waals surface area contributed by atoms with E-state index in [1.807, 2.05) is 11.9 Å². The number of alkyl carbamates (subject to hydrolysis) is 1. The third-order valence-electron chi connectivity index (χ3n) is 2.22. The highest BCUT2D eigenvalue weighted by molar-refractivity contribution is 5.67. The molecule has 0 aliphatic heterocycles. The lowest BCUT2D eigenvalue weighted by Gasteiger charge is -2.21. The number of rotatable bonds is 4. The zero-order chi connectivity index (χ0) is 14.5. The summed E-state index contributed by atoms with van der Waals surface area (Å²) < 4.78 is 17.8. The fourth-order valence-electron chi connectivity index (χ4n) is 1.35. The van der Waals surface area contributed by atoms with Gasteiger partial charge in [0.15, 0.2) is 0 Å². The molecule has 1 amide bonds. The maximum atomic E-state index is 12.7. The number of anilines is 1. The minimum Gasteiger partial charge on any atom is -0.444 e. The van der Waals surface area contributed by atoms with Crippen molar-refractivity contribution in [3.63, 3.8) is 0 Å². The first kappa shape index (κ1) is 15.2. The Kier molecular flexibility index (Phi) is 5.09. The number of ether oxygens (including phenoxy) is 1. The van der Waals surface area contributed by atoms with Gasteiger partial charge < -0.3 is 15.0 Å². The Bertz CT molecular complexity index is 415. The highest BCUT2D eigenvalue weighted by Gasteiger charge is 2.15. The Labute approximate surface area is 112 Å². The van der Waals surface area contributed by atoms with Crippen LogP contribution in [0, 0.1) is 5.82 Å². The zero-order valence-corrected chi connectivity index (χ0v) is 11.7. The third kappa shape index (κ3) is 6.03. The average Bonchev–Trinajstić information content (AvgIpc) is 2.27. The maximum absolute atomic E-state index is 12.7. The molecule has 0 spiro atoms. The molecule has 0 aromatic carbocycles. The highest BCUT2D eigenvalue weighted by atomic mass is 19.1. The fraction of sp³-hybridized carbons (Fsp3) is 0.538. The topological polar surface area (TPSA) is 54.5 Å². The van der Waals surface area contributed by atoms with Crippen molar-refractivity contribution in [1.29, 1.82) is 0 Å². The molecule has 106 valence electrons. The lowest BCUT2D eigenvalue weighted by atomic mass is 10.2. The van der Waals surface area contributed by atoms with E-state index in [0.29, 0.717) is 18.9 Å². The number of nitrogens with zero attached hydrogens (tertiary/aromatic N) is 2. The van der Waals surface area contributed by atoms with Crippen LogP contribution in [-0.2, 0) is 4.74 Å². The van der Waals surface area contributed by atoms with Crippen molar-refractivity contribution in [1.82, 2.24) is 10.3 Å². The van der Waals surface area contributed by atoms with Gasteiger partial charge in [-0.05, 0) is 32.9 Å². The van der Waals surface area contributed by atoms with E-state index in [1.54, 1.807) is 26.8 Å². The smallest absolute Gasteiger partial charge is 0.407 e. The van der Waals surface area contributed by atoms with Crippen LogP contribution in [0.4, 0.5) is 15.0 Å². The van der Waals surface area contributed by atoms with E-state index in [0.717, 1.165) is 6.20 Å². The molecule has 0 aliphatic carbocycles. The van der Waals surface area contributed by atoms with Gasteiger partial charge in [0.05, 0.1) is 6.20 Å². The molecule has 0 aliphatic rings. The normalized spacial score (nSPS) is 11.0. The van der Waals surface area contributed by atoms with Crippen molar-refractivity contribution >= 4 is 11.9 Å². The number of likely N-dealkylation sites (N-methyl/N-ethyl adjacent to an activating group) is 1. The quantitative estimate of drug-likeness (QED) is 0.910. The van der Waals surface area contributed by atoms with Crippen molar-refractivity contribution in [3.8, 4) is 0 Å². The average molecular weight is 269 g/mol. The molecule has 0 unspecified atom stereocenters. The van der Waals surface area contributed by atoms with E-state index in [4.69, 9.17) is 4.74 Å². The second-order valence-electron chi connectivity index (χ2n) is 5.18. The van der Waals surface area contributed by atoms with Crippen LogP contribution in [0.25, 0.3) is 0 Å². The van der Waals surface area contributed by atoms with E-state index < -0.39 is 11.7 Å². The molecule has 1 aromatic rings. The molecule has 0 saturated heterocycles. The number of amides is 1. The van der Waals surface area contributed by atoms with Gasteiger partial charge in [0.1, 0.15) is 17.2 Å². The number of halogens is 1. The summed E-state index contributed by atoms with van der Waals surface area (Å²) in [7, 11) is 1.82. The molecule has 0 bridgehead atoms. The fourth-order valence-corrected chi connectivity index (χ4v) is 1.35. The summed E-state index contributed by atoms with van der Waals surface area (Å²) in [5.74, 6) is 0.274. The van der Waals surface area contributed by atoms with Gasteiger partial charge in [-0.3, -0.25) is 0 Å². The Morgan fingerprint density at radius 1 is 1.47 bits per heavy atom. The predicted molar refractivity (Wildman–Crippen MR) is 71.7 cm³/mol. The predicted octanol–water partition coefficient (Wildman–Crippen LogP) is 2.18. The first-order valence-electron chi connectivity index (χ1n) is 6.07. The SMILES string of the molecule is CN(CCNC(=O)OC(C)(C)C)c1ccc(F)cn1. The number of pyridine rings is 1. The largest absolute Gasteiger partial charge is 0.444 e. The summed E-state index contributed by atoms with van der Waals surface area (Å²) in [6.45, 7) is 6.39. The second kappa shape index (κ2) is 6.36. The van der Waals surface area contributed by atoms with Crippen LogP contribution in [0.2, 0.25) is 0 Å². The van der Waals surface area contributed by atoms with Crippen LogP contribution in [0.15, 0.2) is 18.3 Å². The number of carbonyl (C=O) groups is 1. The molecule has 1 heterocycles. The Morgan fingerprint density at radius 2 is 2.16 bits per heavy atom. The van der Waals surface area contributed by atoms with Crippen LogP contribution in [0.1, 0.15) is 20.8 Å². The van der Waals surface area contributed by atoms with Crippen molar-refractivity contribution in [2.45, 2.75) is 26.4 Å². The van der Waals surface area contributed by atoms with Crippen molar-refractivity contribution in [2.24, 2.45) is 0 Å². The van der Waals surface area contributed by atoms with Gasteiger partial charge in [-0.25, -0.2) is 14.2 Å². The molecule has 0 atom stereocenters. The maximum Gasteiger partial charge on any atom is 0.407 e. The molecule has 0 radical (unpaired) electrons. The lowest BCUT2D eigenvalue weighted by molar-refractivity contribution is 0.0529. The lowest BCUT2D eigenvalue weighted by Crippen LogP contribution is -2.37. The van der Waals surface area contributed by atoms with Gasteiger partial charge in [0, 0.05) is 20.1 Å². The number of hydrogen-bond acceptors (Lipinski definition) is 4. The molecular formula is C13H20FN3O2. The summed E-state index contributed by atoms with van der Waals surface area (Å²) in [5, 5.41) is 2.65. The van der Waals surface area contributed by atoms with Gasteiger partial charge in [-0.2, -0.15) is 0 Å². The second-order valence-corrected chi connectivity index (χ2v) is 5.18. The summed E-state index contributed by atoms with van der Waals surface area (Å²) in [6, 6.07) is 2.93. The van der Waals surface area contributed by atoms with E-state index in [2.05, 4.69) is 10.3 Å². The van der Waals surface area contributed by atoms with E-state index in [-0.39, 0.29) is 5.82 Å². The first-order chi connectivity index (χ1) is 8.78. The van der Waals surface area contributed by atoms with Gasteiger partial charge in [0.2, 0.25) is 0 Å². The van der Waals surface area contributed by atoms with Crippen molar-refractivity contribution in [2.75, 3.05) is 25.0 Å². The molecular weight excluding hydrogens is 249 g/mol. The monoisotopic (exact) mass is 269 g/mol. The number of hydrogen-bond donors (Lipinski definition) is 1.